The SMILES string of the molecule is CNCCC1CCN(S(=O)(=O)N2CCOCC2)CC1. The zero-order valence-corrected chi connectivity index (χ0v) is 12.5. The fourth-order valence-electron chi connectivity index (χ4n) is 2.72. The molecule has 2 aliphatic heterocycles. The van der Waals surface area contributed by atoms with Crippen molar-refractivity contribution in [3.8, 4) is 0 Å². The molecule has 0 aromatic carbocycles. The van der Waals surface area contributed by atoms with Gasteiger partial charge in [0, 0.05) is 26.2 Å². The maximum atomic E-state index is 12.4. The molecule has 19 heavy (non-hydrogen) atoms. The first kappa shape index (κ1) is 15.2. The summed E-state index contributed by atoms with van der Waals surface area (Å²) < 4.78 is 33.3. The largest absolute Gasteiger partial charge is 0.379 e. The van der Waals surface area contributed by atoms with Gasteiger partial charge in [-0.1, -0.05) is 0 Å². The van der Waals surface area contributed by atoms with Crippen LogP contribution in [0.25, 0.3) is 0 Å². The third kappa shape index (κ3) is 3.88. The number of nitrogens with one attached hydrogen (secondary N) is 1. The Bertz CT molecular complexity index is 360. The summed E-state index contributed by atoms with van der Waals surface area (Å²) in [4.78, 5) is 0. The van der Waals surface area contributed by atoms with E-state index in [-0.39, 0.29) is 0 Å². The molecule has 2 saturated heterocycles. The van der Waals surface area contributed by atoms with Crippen LogP contribution < -0.4 is 5.32 Å². The van der Waals surface area contributed by atoms with Crippen LogP contribution in [0.3, 0.4) is 0 Å². The number of piperidine rings is 1. The van der Waals surface area contributed by atoms with Gasteiger partial charge in [-0.05, 0) is 38.8 Å². The van der Waals surface area contributed by atoms with Crippen LogP contribution in [0.5, 0.6) is 0 Å². The highest BCUT2D eigenvalue weighted by molar-refractivity contribution is 7.86. The first-order valence-corrected chi connectivity index (χ1v) is 8.52. The second-order valence-corrected chi connectivity index (χ2v) is 7.18. The summed E-state index contributed by atoms with van der Waals surface area (Å²) >= 11 is 0. The maximum absolute atomic E-state index is 12.4. The summed E-state index contributed by atoms with van der Waals surface area (Å²) in [5, 5.41) is 3.15. The highest BCUT2D eigenvalue weighted by Gasteiger charge is 2.33. The van der Waals surface area contributed by atoms with Crippen molar-refractivity contribution in [3.05, 3.63) is 0 Å². The Morgan fingerprint density at radius 1 is 1.11 bits per heavy atom. The molecule has 0 aliphatic carbocycles. The van der Waals surface area contributed by atoms with Crippen molar-refractivity contribution in [2.75, 3.05) is 53.0 Å². The molecular formula is C12H25N3O3S. The van der Waals surface area contributed by atoms with Gasteiger partial charge in [-0.2, -0.15) is 17.0 Å². The molecule has 0 radical (unpaired) electrons. The number of nitrogens with zero attached hydrogens (tertiary/aromatic N) is 2. The van der Waals surface area contributed by atoms with Crippen molar-refractivity contribution >= 4 is 10.2 Å². The molecule has 2 heterocycles. The Hall–Kier alpha value is -0.210. The smallest absolute Gasteiger partial charge is 0.282 e. The van der Waals surface area contributed by atoms with E-state index in [1.165, 1.54) is 0 Å². The molecule has 0 saturated carbocycles. The average Bonchev–Trinajstić information content (AvgIpc) is 2.46. The van der Waals surface area contributed by atoms with Gasteiger partial charge in [0.05, 0.1) is 13.2 Å². The highest BCUT2D eigenvalue weighted by Crippen LogP contribution is 2.23. The van der Waals surface area contributed by atoms with Gasteiger partial charge in [0.15, 0.2) is 0 Å². The lowest BCUT2D eigenvalue weighted by Crippen LogP contribution is -2.50. The van der Waals surface area contributed by atoms with Gasteiger partial charge in [-0.25, -0.2) is 0 Å². The minimum Gasteiger partial charge on any atom is -0.379 e. The van der Waals surface area contributed by atoms with E-state index in [2.05, 4.69) is 5.32 Å². The van der Waals surface area contributed by atoms with Gasteiger partial charge in [0.25, 0.3) is 10.2 Å². The quantitative estimate of drug-likeness (QED) is 0.767. The summed E-state index contributed by atoms with van der Waals surface area (Å²) in [6.07, 6.45) is 3.10. The molecule has 2 aliphatic rings. The molecule has 0 bridgehead atoms. The molecule has 1 N–H and O–H groups in total. The van der Waals surface area contributed by atoms with E-state index in [1.54, 1.807) is 8.61 Å². The molecule has 0 amide bonds. The topological polar surface area (TPSA) is 61.9 Å². The minimum atomic E-state index is -3.26. The first-order chi connectivity index (χ1) is 9.14. The summed E-state index contributed by atoms with van der Waals surface area (Å²) in [5.41, 5.74) is 0. The molecule has 2 fully saturated rings. The van der Waals surface area contributed by atoms with Crippen molar-refractivity contribution in [2.24, 2.45) is 5.92 Å². The molecule has 0 unspecified atom stereocenters. The van der Waals surface area contributed by atoms with Crippen molar-refractivity contribution < 1.29 is 13.2 Å². The summed E-state index contributed by atoms with van der Waals surface area (Å²) in [6, 6.07) is 0. The molecule has 0 aromatic heterocycles. The first-order valence-electron chi connectivity index (χ1n) is 7.12. The van der Waals surface area contributed by atoms with Gasteiger partial charge < -0.3 is 10.1 Å². The lowest BCUT2D eigenvalue weighted by Gasteiger charge is -2.36. The third-order valence-electron chi connectivity index (χ3n) is 4.00. The Morgan fingerprint density at radius 3 is 2.26 bits per heavy atom. The molecule has 0 atom stereocenters. The number of rotatable bonds is 5. The average molecular weight is 291 g/mol. The minimum absolute atomic E-state index is 0.488. The lowest BCUT2D eigenvalue weighted by molar-refractivity contribution is 0.0692. The van der Waals surface area contributed by atoms with Gasteiger partial charge in [-0.15, -0.1) is 0 Å². The van der Waals surface area contributed by atoms with Crippen molar-refractivity contribution in [1.29, 1.82) is 0 Å². The molecular weight excluding hydrogens is 266 g/mol. The van der Waals surface area contributed by atoms with E-state index in [9.17, 15) is 8.42 Å². The van der Waals surface area contributed by atoms with E-state index in [0.29, 0.717) is 45.3 Å². The van der Waals surface area contributed by atoms with Gasteiger partial charge in [0.1, 0.15) is 0 Å². The van der Waals surface area contributed by atoms with E-state index in [1.807, 2.05) is 7.05 Å². The standard InChI is InChI=1S/C12H25N3O3S/c1-13-5-2-12-3-6-14(7-4-12)19(16,17)15-8-10-18-11-9-15/h12-13H,2-11H2,1H3. The molecule has 2 rings (SSSR count). The third-order valence-corrected chi connectivity index (χ3v) is 6.03. The van der Waals surface area contributed by atoms with Crippen LogP contribution in [-0.2, 0) is 14.9 Å². The zero-order valence-electron chi connectivity index (χ0n) is 11.7. The van der Waals surface area contributed by atoms with E-state index < -0.39 is 10.2 Å². The van der Waals surface area contributed by atoms with Crippen LogP contribution in [0, 0.1) is 5.92 Å². The lowest BCUT2D eigenvalue weighted by atomic mass is 9.95. The highest BCUT2D eigenvalue weighted by atomic mass is 32.2. The van der Waals surface area contributed by atoms with Crippen molar-refractivity contribution in [3.63, 3.8) is 0 Å². The van der Waals surface area contributed by atoms with Crippen LogP contribution in [0.1, 0.15) is 19.3 Å². The number of hydrogen-bond acceptors (Lipinski definition) is 4. The maximum Gasteiger partial charge on any atom is 0.282 e. The second kappa shape index (κ2) is 6.99. The van der Waals surface area contributed by atoms with Crippen LogP contribution in [0.4, 0.5) is 0 Å². The Labute approximate surface area is 116 Å². The number of hydrogen-bond donors (Lipinski definition) is 1. The number of morpholine rings is 1. The fraction of sp³-hybridized carbons (Fsp3) is 1.00. The van der Waals surface area contributed by atoms with Crippen LogP contribution in [-0.4, -0.2) is 70.0 Å². The van der Waals surface area contributed by atoms with Gasteiger partial charge in [-0.3, -0.25) is 0 Å². The predicted octanol–water partition coefficient (Wildman–Crippen LogP) is -0.115. The zero-order chi connectivity index (χ0) is 13.7. The van der Waals surface area contributed by atoms with E-state index in [0.717, 1.165) is 25.8 Å². The van der Waals surface area contributed by atoms with Crippen molar-refractivity contribution in [2.45, 2.75) is 19.3 Å². The number of ether oxygens (including phenoxy) is 1. The van der Waals surface area contributed by atoms with E-state index in [4.69, 9.17) is 4.74 Å². The Kier molecular flexibility index (Phi) is 5.58. The van der Waals surface area contributed by atoms with Crippen molar-refractivity contribution in [1.82, 2.24) is 13.9 Å². The molecule has 0 spiro atoms. The van der Waals surface area contributed by atoms with Gasteiger partial charge >= 0.3 is 0 Å². The summed E-state index contributed by atoms with van der Waals surface area (Å²) in [6.45, 7) is 4.34. The molecule has 0 aromatic rings. The monoisotopic (exact) mass is 291 g/mol. The molecule has 6 nitrogen and oxygen atoms in total. The van der Waals surface area contributed by atoms with Crippen LogP contribution in [0.2, 0.25) is 0 Å². The molecule has 7 heteroatoms. The second-order valence-electron chi connectivity index (χ2n) is 5.25. The molecule has 112 valence electrons. The Morgan fingerprint density at radius 2 is 1.68 bits per heavy atom. The fourth-order valence-corrected chi connectivity index (χ4v) is 4.33. The van der Waals surface area contributed by atoms with E-state index >= 15 is 0 Å². The predicted molar refractivity (Wildman–Crippen MR) is 74.2 cm³/mol. The van der Waals surface area contributed by atoms with Gasteiger partial charge in [0.2, 0.25) is 0 Å². The Balaban J connectivity index is 1.85. The van der Waals surface area contributed by atoms with Crippen LogP contribution in [0.15, 0.2) is 0 Å². The van der Waals surface area contributed by atoms with Crippen LogP contribution >= 0.6 is 0 Å². The summed E-state index contributed by atoms with van der Waals surface area (Å²) in [5.74, 6) is 0.656. The summed E-state index contributed by atoms with van der Waals surface area (Å²) in [7, 11) is -1.30. The normalized spacial score (nSPS) is 24.7.